The Bertz CT molecular complexity index is 5640. The summed E-state index contributed by atoms with van der Waals surface area (Å²) in [6.07, 6.45) is 36.0. The summed E-state index contributed by atoms with van der Waals surface area (Å²) < 4.78 is 150. The Morgan fingerprint density at radius 3 is 0.845 bits per heavy atom. The molecule has 9 aromatic carbocycles. The molecule has 0 saturated heterocycles. The number of rotatable bonds is 63. The second kappa shape index (κ2) is 53.8. The molecule has 0 radical (unpaired) electrons. The van der Waals surface area contributed by atoms with Crippen LogP contribution in [-0.2, 0) is 44.8 Å². The molecule has 0 amide bonds. The summed E-state index contributed by atoms with van der Waals surface area (Å²) in [4.78, 5) is 26.1. The number of unbranched alkanes of at least 4 members (excludes halogenated alkanes) is 26. The SMILES string of the molecule is CCCCCCCCC1(CCCCCCCC)c2cc(-c3ccc4c(c3)C(CCCCCCCC)(CCCCCCCC)c3cc(-c5ccc(-c6ccccc6)c6nsnc56)ccc3-4)ccc2-c2ccc(-c3ccc4c(c3)C(CCCCCCOC(=O)CCCC(F)(F)C(F)(F)CSC(=S)OCC)(CCCCCCOC(=O)CCCC(F)(F)C(F)(F)CSC(=S)OCC)c3cc(-c5ccccc5)ccc3-4)cc21. The summed E-state index contributed by atoms with van der Waals surface area (Å²) in [5.74, 6) is -21.5. The van der Waals surface area contributed by atoms with E-state index in [2.05, 4.69) is 204 Å². The minimum absolute atomic E-state index is 0.0490. The van der Waals surface area contributed by atoms with Crippen LogP contribution in [-0.4, -0.2) is 91.1 Å². The van der Waals surface area contributed by atoms with E-state index in [4.69, 9.17) is 52.1 Å². The number of fused-ring (bicyclic) bond motifs is 10. The lowest BCUT2D eigenvalue weighted by Gasteiger charge is -2.34. The Labute approximate surface area is 863 Å². The normalized spacial score (nSPS) is 13.8. The highest BCUT2D eigenvalue weighted by Crippen LogP contribution is 2.61. The van der Waals surface area contributed by atoms with Gasteiger partial charge in [0.25, 0.3) is 0 Å². The van der Waals surface area contributed by atoms with E-state index in [1.807, 2.05) is 6.07 Å². The molecule has 142 heavy (non-hydrogen) atoms. The molecule has 0 atom stereocenters. The summed E-state index contributed by atoms with van der Waals surface area (Å²) in [6, 6.07) is 69.7. The number of nitrogens with zero attached hydrogens (tertiary/aromatic N) is 2. The molecule has 0 aliphatic heterocycles. The van der Waals surface area contributed by atoms with Crippen molar-refractivity contribution in [2.45, 2.75) is 364 Å². The number of halogens is 8. The van der Waals surface area contributed by atoms with Gasteiger partial charge in [0.1, 0.15) is 11.0 Å². The van der Waals surface area contributed by atoms with Gasteiger partial charge in [0, 0.05) is 53.1 Å². The summed E-state index contributed by atoms with van der Waals surface area (Å²) in [6.45, 7) is 12.8. The molecule has 0 bridgehead atoms. The first-order valence-electron chi connectivity index (χ1n) is 53.5. The smallest absolute Gasteiger partial charge is 0.319 e. The van der Waals surface area contributed by atoms with Crippen molar-refractivity contribution in [2.24, 2.45) is 0 Å². The molecule has 1 aromatic heterocycles. The van der Waals surface area contributed by atoms with Crippen LogP contribution in [0.1, 0.15) is 357 Å². The molecule has 8 nitrogen and oxygen atoms in total. The van der Waals surface area contributed by atoms with Gasteiger partial charge in [-0.15, -0.1) is 0 Å². The van der Waals surface area contributed by atoms with E-state index >= 15 is 0 Å². The molecule has 13 rings (SSSR count). The number of thiocarbonyl (C=S) groups is 2. The lowest BCUT2D eigenvalue weighted by molar-refractivity contribution is -0.198. The largest absolute Gasteiger partial charge is 0.479 e. The Morgan fingerprint density at radius 2 is 0.542 bits per heavy atom. The highest BCUT2D eigenvalue weighted by atomic mass is 32.2. The van der Waals surface area contributed by atoms with Crippen LogP contribution in [0, 0.1) is 0 Å². The van der Waals surface area contributed by atoms with Crippen LogP contribution in [0.5, 0.6) is 0 Å². The average molecular weight is 2040 g/mol. The second-order valence-corrected chi connectivity index (χ2v) is 43.7. The van der Waals surface area contributed by atoms with Gasteiger partial charge < -0.3 is 18.9 Å². The molecule has 764 valence electrons. The molecule has 3 aliphatic carbocycles. The molecule has 0 N–H and O–H groups in total. The van der Waals surface area contributed by atoms with Crippen molar-refractivity contribution in [2.75, 3.05) is 37.9 Å². The van der Waals surface area contributed by atoms with E-state index < -0.39 is 91.1 Å². The third-order valence-electron chi connectivity index (χ3n) is 30.1. The number of hydrogen-bond donors (Lipinski definition) is 0. The maximum atomic E-state index is 15.0. The van der Waals surface area contributed by atoms with E-state index in [1.165, 1.54) is 229 Å². The number of thioether (sulfide) groups is 2. The summed E-state index contributed by atoms with van der Waals surface area (Å²) in [7, 11) is 0. The van der Waals surface area contributed by atoms with Gasteiger partial charge in [-0.05, 0) is 250 Å². The fourth-order valence-electron chi connectivity index (χ4n) is 22.3. The van der Waals surface area contributed by atoms with Crippen LogP contribution >= 0.6 is 59.7 Å². The third-order valence-corrected chi connectivity index (χ3v) is 33.3. The zero-order chi connectivity index (χ0) is 101. The number of benzene rings is 9. The molecule has 0 fully saturated rings. The fraction of sp³-hybridized carbons (Fsp3) is 0.521. The molecule has 0 spiro atoms. The van der Waals surface area contributed by atoms with Gasteiger partial charge in [0.2, 0.25) is 8.77 Å². The van der Waals surface area contributed by atoms with Crippen molar-refractivity contribution in [3.05, 3.63) is 215 Å². The molecule has 0 unspecified atom stereocenters. The van der Waals surface area contributed by atoms with Gasteiger partial charge in [-0.3, -0.25) is 9.59 Å². The number of carbonyl (C=O) groups excluding carboxylic acids is 2. The topological polar surface area (TPSA) is 96.8 Å². The quantitative estimate of drug-likeness (QED) is 0.0157. The minimum Gasteiger partial charge on any atom is -0.479 e. The highest BCUT2D eigenvalue weighted by Gasteiger charge is 2.57. The number of esters is 2. The maximum absolute atomic E-state index is 15.0. The Balaban J connectivity index is 0.840. The second-order valence-electron chi connectivity index (χ2n) is 40.0. The van der Waals surface area contributed by atoms with Crippen molar-refractivity contribution in [3.8, 4) is 89.0 Å². The predicted octanol–water partition coefficient (Wildman–Crippen LogP) is 37.8. The number of carbonyl (C=O) groups is 2. The van der Waals surface area contributed by atoms with Crippen LogP contribution in [0.4, 0.5) is 35.1 Å². The zero-order valence-corrected chi connectivity index (χ0v) is 88.7. The highest BCUT2D eigenvalue weighted by molar-refractivity contribution is 8.23. The number of ether oxygens (including phenoxy) is 4. The lowest BCUT2D eigenvalue weighted by Crippen LogP contribution is -2.43. The Hall–Kier alpha value is -8.34. The number of alkyl halides is 8. The maximum Gasteiger partial charge on any atom is 0.319 e. The van der Waals surface area contributed by atoms with Crippen LogP contribution in [0.2, 0.25) is 0 Å². The molecule has 1 heterocycles. The third kappa shape index (κ3) is 27.7. The standard InChI is InChI=1S/C121H148F8N2O6S5/c1-7-13-17-21-25-39-69-116(70-40-26-22-18-14-8-2)105-81-91(57-63-99(105)100-64-58-92(82-106(100)116)93-59-65-101-102-66-60-94(96-68-67-95(88-51-37-34-38-52-88)111-112(96)131-142-130-111)84-108(102)117(107(101)83-93,71-41-27-23-19-15-9-3)72-42-28-24-20-16-10-4)90-56-62-98-97-61-55-89(87-49-35-33-36-50-87)79-103(97)115(104(98)80-90,73-43-29-31-45-77-136-109(132)53-47-75-118(122,123)120(126,127)85-140-113(138)134-11-5)74-44-30-32-46-78-137-110(133)54-48-76-119(124,125)121(128,129)86-141-114(139)135-12-6/h33-38,49-52,55-68,79-84H,7-32,39-48,53-54,69-78,85-86H2,1-6H3. The van der Waals surface area contributed by atoms with Gasteiger partial charge in [-0.2, -0.15) is 43.9 Å². The summed E-state index contributed by atoms with van der Waals surface area (Å²) >= 11 is 11.8. The van der Waals surface area contributed by atoms with E-state index in [0.29, 0.717) is 49.2 Å². The monoisotopic (exact) mass is 2040 g/mol. The average Bonchev–Trinajstić information content (AvgIpc) is 1.56. The number of aromatic nitrogens is 2. The Morgan fingerprint density at radius 1 is 0.289 bits per heavy atom. The summed E-state index contributed by atoms with van der Waals surface area (Å²) in [5.41, 5.74) is 28.5. The lowest BCUT2D eigenvalue weighted by atomic mass is 9.69. The van der Waals surface area contributed by atoms with E-state index in [1.54, 1.807) is 13.8 Å². The first kappa shape index (κ1) is 111. The number of hydrogen-bond acceptors (Lipinski definition) is 13. The zero-order valence-electron chi connectivity index (χ0n) is 84.6. The van der Waals surface area contributed by atoms with Crippen molar-refractivity contribution in [1.29, 1.82) is 0 Å². The summed E-state index contributed by atoms with van der Waals surface area (Å²) in [5, 5.41) is 0. The van der Waals surface area contributed by atoms with E-state index in [0.717, 1.165) is 134 Å². The van der Waals surface area contributed by atoms with Crippen LogP contribution < -0.4 is 0 Å². The van der Waals surface area contributed by atoms with Crippen molar-refractivity contribution in [3.63, 3.8) is 0 Å². The molecular formula is C121H148F8N2O6S5. The van der Waals surface area contributed by atoms with Gasteiger partial charge in [-0.1, -0.05) is 389 Å². The van der Waals surface area contributed by atoms with E-state index in [-0.39, 0.29) is 46.0 Å². The first-order chi connectivity index (χ1) is 68.8. The van der Waals surface area contributed by atoms with Gasteiger partial charge in [0.05, 0.1) is 49.7 Å². The molecule has 0 saturated carbocycles. The van der Waals surface area contributed by atoms with E-state index in [9.17, 15) is 44.7 Å². The fourth-order valence-corrected chi connectivity index (χ4v) is 24.9. The predicted molar refractivity (Wildman–Crippen MR) is 584 cm³/mol. The van der Waals surface area contributed by atoms with Crippen molar-refractivity contribution >= 4 is 91.4 Å². The molecular weight excluding hydrogens is 1890 g/mol. The van der Waals surface area contributed by atoms with Crippen molar-refractivity contribution < 1.29 is 63.7 Å². The van der Waals surface area contributed by atoms with Gasteiger partial charge in [0.15, 0.2) is 0 Å². The molecule has 3 aliphatic rings. The van der Waals surface area contributed by atoms with Gasteiger partial charge in [-0.25, -0.2) is 0 Å². The van der Waals surface area contributed by atoms with Gasteiger partial charge >= 0.3 is 35.6 Å². The van der Waals surface area contributed by atoms with Crippen molar-refractivity contribution in [1.82, 2.24) is 8.75 Å². The Kier molecular flexibility index (Phi) is 42.0. The first-order valence-corrected chi connectivity index (χ1v) is 57.0. The van der Waals surface area contributed by atoms with Crippen LogP contribution in [0.15, 0.2) is 182 Å². The van der Waals surface area contributed by atoms with Crippen LogP contribution in [0.3, 0.4) is 0 Å². The van der Waals surface area contributed by atoms with Crippen LogP contribution in [0.25, 0.3) is 100 Å². The molecule has 21 heteroatoms. The minimum atomic E-state index is -4.38. The molecule has 10 aromatic rings.